The molecular weight excluding hydrogens is 371 g/mol. The van der Waals surface area contributed by atoms with Gasteiger partial charge in [0.15, 0.2) is 5.96 Å². The molecule has 0 radical (unpaired) electrons. The molecule has 2 atom stereocenters. The zero-order valence-electron chi connectivity index (χ0n) is 16.6. The highest BCUT2D eigenvalue weighted by Crippen LogP contribution is 2.27. The smallest absolute Gasteiger partial charge is 0.352 e. The maximum atomic E-state index is 12.7. The van der Waals surface area contributed by atoms with Crippen molar-refractivity contribution in [2.45, 2.75) is 63.2 Å². The molecule has 28 heavy (non-hydrogen) atoms. The molecule has 2 heterocycles. The Labute approximate surface area is 164 Å². The molecule has 2 N–H and O–H groups in total. The highest BCUT2D eigenvalue weighted by molar-refractivity contribution is 5.81. The van der Waals surface area contributed by atoms with Crippen LogP contribution in [0.5, 0.6) is 0 Å². The molecule has 160 valence electrons. The summed E-state index contributed by atoms with van der Waals surface area (Å²) in [7, 11) is 1.66. The molecule has 2 aliphatic heterocycles. The molecule has 0 aromatic heterocycles. The highest BCUT2D eigenvalue weighted by Gasteiger charge is 2.35. The van der Waals surface area contributed by atoms with Crippen molar-refractivity contribution in [2.24, 2.45) is 10.9 Å². The molecule has 0 aromatic rings. The maximum absolute atomic E-state index is 12.7. The fraction of sp³-hybridized carbons (Fsp3) is 0.895. The van der Waals surface area contributed by atoms with Gasteiger partial charge in [-0.2, -0.15) is 13.2 Å². The number of likely N-dealkylation sites (tertiary alicyclic amines) is 2. The molecular formula is C19H32F3N5O. The standard InChI is InChI=1S/C19H32F3N5O/c1-23-18(24-15-7-9-26(11-15)13-19(20,21)22)25-16-8-10-27(12-16)17(28)14-5-3-2-4-6-14/h14-16H,2-13H2,1H3,(H2,23,24,25). The Bertz CT molecular complexity index is 562. The lowest BCUT2D eigenvalue weighted by molar-refractivity contribution is -0.143. The van der Waals surface area contributed by atoms with Crippen molar-refractivity contribution in [3.05, 3.63) is 0 Å². The second kappa shape index (κ2) is 9.33. The van der Waals surface area contributed by atoms with Crippen molar-refractivity contribution in [1.82, 2.24) is 20.4 Å². The van der Waals surface area contributed by atoms with Gasteiger partial charge in [0.2, 0.25) is 5.91 Å². The van der Waals surface area contributed by atoms with E-state index in [2.05, 4.69) is 15.6 Å². The molecule has 0 aromatic carbocycles. The first-order chi connectivity index (χ1) is 13.3. The van der Waals surface area contributed by atoms with Crippen LogP contribution in [0, 0.1) is 5.92 Å². The number of guanidine groups is 1. The van der Waals surface area contributed by atoms with Crippen molar-refractivity contribution < 1.29 is 18.0 Å². The van der Waals surface area contributed by atoms with Crippen LogP contribution in [0.4, 0.5) is 13.2 Å². The number of hydrogen-bond donors (Lipinski definition) is 2. The van der Waals surface area contributed by atoms with Gasteiger partial charge in [-0.1, -0.05) is 19.3 Å². The van der Waals surface area contributed by atoms with Crippen LogP contribution >= 0.6 is 0 Å². The number of alkyl halides is 3. The van der Waals surface area contributed by atoms with Crippen LogP contribution < -0.4 is 10.6 Å². The summed E-state index contributed by atoms with van der Waals surface area (Å²) in [4.78, 5) is 20.3. The molecule has 1 saturated carbocycles. The molecule has 3 rings (SSSR count). The molecule has 9 heteroatoms. The minimum Gasteiger partial charge on any atom is -0.352 e. The van der Waals surface area contributed by atoms with E-state index in [0.29, 0.717) is 32.0 Å². The van der Waals surface area contributed by atoms with Crippen molar-refractivity contribution in [3.8, 4) is 0 Å². The van der Waals surface area contributed by atoms with Gasteiger partial charge < -0.3 is 15.5 Å². The minimum atomic E-state index is -4.16. The van der Waals surface area contributed by atoms with Crippen LogP contribution in [0.15, 0.2) is 4.99 Å². The van der Waals surface area contributed by atoms with E-state index in [1.807, 2.05) is 4.90 Å². The average molecular weight is 403 g/mol. The number of rotatable bonds is 4. The molecule has 0 spiro atoms. The summed E-state index contributed by atoms with van der Waals surface area (Å²) < 4.78 is 37.6. The van der Waals surface area contributed by atoms with Gasteiger partial charge in [0.1, 0.15) is 0 Å². The summed E-state index contributed by atoms with van der Waals surface area (Å²) in [5.41, 5.74) is 0. The minimum absolute atomic E-state index is 0.0464. The fourth-order valence-electron chi connectivity index (χ4n) is 4.59. The van der Waals surface area contributed by atoms with Crippen LogP contribution in [0.1, 0.15) is 44.9 Å². The van der Waals surface area contributed by atoms with Gasteiger partial charge in [-0.05, 0) is 25.7 Å². The maximum Gasteiger partial charge on any atom is 0.401 e. The summed E-state index contributed by atoms with van der Waals surface area (Å²) in [6.07, 6.45) is 2.91. The number of nitrogens with one attached hydrogen (secondary N) is 2. The number of hydrogen-bond acceptors (Lipinski definition) is 3. The number of halogens is 3. The van der Waals surface area contributed by atoms with Gasteiger partial charge in [-0.25, -0.2) is 0 Å². The predicted molar refractivity (Wildman–Crippen MR) is 102 cm³/mol. The van der Waals surface area contributed by atoms with Crippen molar-refractivity contribution in [3.63, 3.8) is 0 Å². The predicted octanol–water partition coefficient (Wildman–Crippen LogP) is 1.97. The van der Waals surface area contributed by atoms with Crippen molar-refractivity contribution in [2.75, 3.05) is 39.8 Å². The summed E-state index contributed by atoms with van der Waals surface area (Å²) in [5, 5.41) is 6.59. The molecule has 6 nitrogen and oxygen atoms in total. The lowest BCUT2D eigenvalue weighted by Crippen LogP contribution is -2.49. The Morgan fingerprint density at radius 3 is 2.29 bits per heavy atom. The van der Waals surface area contributed by atoms with Crippen LogP contribution in [-0.4, -0.2) is 79.7 Å². The number of carbonyl (C=O) groups is 1. The van der Waals surface area contributed by atoms with Crippen LogP contribution in [-0.2, 0) is 4.79 Å². The van der Waals surface area contributed by atoms with E-state index < -0.39 is 12.7 Å². The van der Waals surface area contributed by atoms with E-state index in [9.17, 15) is 18.0 Å². The number of carbonyl (C=O) groups excluding carboxylic acids is 1. The Morgan fingerprint density at radius 2 is 1.64 bits per heavy atom. The molecule has 0 bridgehead atoms. The second-order valence-corrected chi connectivity index (χ2v) is 8.30. The quantitative estimate of drug-likeness (QED) is 0.557. The van der Waals surface area contributed by atoms with Gasteiger partial charge in [0.25, 0.3) is 0 Å². The molecule has 3 fully saturated rings. The third-order valence-corrected chi connectivity index (χ3v) is 6.03. The Morgan fingerprint density at radius 1 is 1.00 bits per heavy atom. The van der Waals surface area contributed by atoms with E-state index in [1.54, 1.807) is 7.05 Å². The number of nitrogens with zero attached hydrogens (tertiary/aromatic N) is 3. The first kappa shape index (κ1) is 21.2. The van der Waals surface area contributed by atoms with Gasteiger partial charge in [-0.3, -0.25) is 14.7 Å². The zero-order chi connectivity index (χ0) is 20.1. The van der Waals surface area contributed by atoms with Crippen molar-refractivity contribution in [1.29, 1.82) is 0 Å². The van der Waals surface area contributed by atoms with E-state index in [0.717, 1.165) is 38.6 Å². The van der Waals surface area contributed by atoms with Gasteiger partial charge in [0.05, 0.1) is 6.54 Å². The average Bonchev–Trinajstić information content (AvgIpc) is 3.29. The van der Waals surface area contributed by atoms with E-state index >= 15 is 0 Å². The van der Waals surface area contributed by atoms with Crippen molar-refractivity contribution >= 4 is 11.9 Å². The molecule has 3 aliphatic rings. The Balaban J connectivity index is 1.42. The van der Waals surface area contributed by atoms with Crippen LogP contribution in [0.2, 0.25) is 0 Å². The Hall–Kier alpha value is -1.51. The fourth-order valence-corrected chi connectivity index (χ4v) is 4.59. The van der Waals surface area contributed by atoms with E-state index in [4.69, 9.17) is 0 Å². The first-order valence-electron chi connectivity index (χ1n) is 10.4. The first-order valence-corrected chi connectivity index (χ1v) is 10.4. The third-order valence-electron chi connectivity index (χ3n) is 6.03. The molecule has 1 aliphatic carbocycles. The monoisotopic (exact) mass is 403 g/mol. The highest BCUT2D eigenvalue weighted by atomic mass is 19.4. The van der Waals surface area contributed by atoms with E-state index in [-0.39, 0.29) is 23.9 Å². The van der Waals surface area contributed by atoms with Crippen LogP contribution in [0.3, 0.4) is 0 Å². The SMILES string of the molecule is CN=C(NC1CCN(CC(F)(F)F)C1)NC1CCN(C(=O)C2CCCCC2)C1. The van der Waals surface area contributed by atoms with E-state index in [1.165, 1.54) is 11.3 Å². The molecule has 2 saturated heterocycles. The van der Waals surface area contributed by atoms with Gasteiger partial charge in [0, 0.05) is 51.2 Å². The molecule has 2 unspecified atom stereocenters. The summed E-state index contributed by atoms with van der Waals surface area (Å²) in [5.74, 6) is 1.07. The third kappa shape index (κ3) is 5.99. The summed E-state index contributed by atoms with van der Waals surface area (Å²) in [6.45, 7) is 1.35. The zero-order valence-corrected chi connectivity index (χ0v) is 16.6. The number of amides is 1. The lowest BCUT2D eigenvalue weighted by atomic mass is 9.88. The number of aliphatic imine (C=N–C) groups is 1. The molecule has 1 amide bonds. The summed E-state index contributed by atoms with van der Waals surface area (Å²) in [6, 6.07) is 0.0846. The Kier molecular flexibility index (Phi) is 7.06. The summed E-state index contributed by atoms with van der Waals surface area (Å²) >= 11 is 0. The topological polar surface area (TPSA) is 60.0 Å². The van der Waals surface area contributed by atoms with Crippen LogP contribution in [0.25, 0.3) is 0 Å². The normalized spacial score (nSPS) is 28.0. The lowest BCUT2D eigenvalue weighted by Gasteiger charge is -2.26. The second-order valence-electron chi connectivity index (χ2n) is 8.30. The largest absolute Gasteiger partial charge is 0.401 e. The van der Waals surface area contributed by atoms with Gasteiger partial charge >= 0.3 is 6.18 Å². The van der Waals surface area contributed by atoms with Gasteiger partial charge in [-0.15, -0.1) is 0 Å².